The van der Waals surface area contributed by atoms with Gasteiger partial charge < -0.3 is 4.90 Å². The summed E-state index contributed by atoms with van der Waals surface area (Å²) < 4.78 is 14.2. The van der Waals surface area contributed by atoms with E-state index < -0.39 is 8.07 Å². The van der Waals surface area contributed by atoms with Gasteiger partial charge in [0.1, 0.15) is 5.82 Å². The first-order valence-electron chi connectivity index (χ1n) is 17.3. The molecule has 0 heterocycles. The lowest BCUT2D eigenvalue weighted by Gasteiger charge is -2.35. The number of halogens is 1. The number of benzene rings is 8. The van der Waals surface area contributed by atoms with E-state index in [1.54, 1.807) is 0 Å². The van der Waals surface area contributed by atoms with Crippen molar-refractivity contribution in [3.05, 3.63) is 224 Å². The molecule has 0 radical (unpaired) electrons. The summed E-state index contributed by atoms with van der Waals surface area (Å²) in [5.41, 5.74) is 7.58. The van der Waals surface area contributed by atoms with Gasteiger partial charge >= 0.3 is 0 Å². The van der Waals surface area contributed by atoms with E-state index in [1.165, 1.54) is 44.0 Å². The maximum absolute atomic E-state index is 14.2. The van der Waals surface area contributed by atoms with E-state index in [0.717, 1.165) is 28.2 Å². The Balaban J connectivity index is 1.20. The largest absolute Gasteiger partial charge is 0.311 e. The molecule has 0 atom stereocenters. The van der Waals surface area contributed by atoms with E-state index in [2.05, 4.69) is 193 Å². The van der Waals surface area contributed by atoms with Crippen LogP contribution in [0, 0.1) is 5.82 Å². The quantitative estimate of drug-likeness (QED) is 0.109. The molecule has 0 aliphatic rings. The predicted octanol–water partition coefficient (Wildman–Crippen LogP) is 10.0. The van der Waals surface area contributed by atoms with Crippen LogP contribution in [0.3, 0.4) is 0 Å². The van der Waals surface area contributed by atoms with Crippen LogP contribution in [0.1, 0.15) is 0 Å². The molecule has 8 aromatic carbocycles. The average Bonchev–Trinajstić information content (AvgIpc) is 3.21. The fourth-order valence-corrected chi connectivity index (χ4v) is 12.0. The van der Waals surface area contributed by atoms with Gasteiger partial charge in [-0.05, 0) is 91.5 Å². The van der Waals surface area contributed by atoms with Crippen LogP contribution in [-0.4, -0.2) is 8.07 Å². The van der Waals surface area contributed by atoms with Crippen molar-refractivity contribution in [3.63, 3.8) is 0 Å². The van der Waals surface area contributed by atoms with Gasteiger partial charge in [-0.3, -0.25) is 0 Å². The molecule has 0 aliphatic carbocycles. The average molecular weight is 674 g/mol. The lowest BCUT2D eigenvalue weighted by Crippen LogP contribution is -2.74. The normalized spacial score (nSPS) is 11.2. The molecule has 1 nitrogen and oxygen atoms in total. The maximum atomic E-state index is 14.2. The van der Waals surface area contributed by atoms with Gasteiger partial charge in [-0.15, -0.1) is 0 Å². The van der Waals surface area contributed by atoms with Gasteiger partial charge in [0.2, 0.25) is 0 Å². The summed E-state index contributed by atoms with van der Waals surface area (Å²) in [7, 11) is -2.66. The maximum Gasteiger partial charge on any atom is 0.179 e. The molecule has 0 bridgehead atoms. The Morgan fingerprint density at radius 1 is 0.275 bits per heavy atom. The second-order valence-electron chi connectivity index (χ2n) is 12.7. The Kier molecular flexibility index (Phi) is 8.95. The molecular formula is C48H36FNSi. The molecule has 0 aliphatic heterocycles. The van der Waals surface area contributed by atoms with Gasteiger partial charge in [0.05, 0.1) is 0 Å². The van der Waals surface area contributed by atoms with Gasteiger partial charge in [0.15, 0.2) is 8.07 Å². The molecule has 0 aromatic heterocycles. The van der Waals surface area contributed by atoms with Crippen molar-refractivity contribution in [3.8, 4) is 22.3 Å². The van der Waals surface area contributed by atoms with E-state index in [4.69, 9.17) is 0 Å². The monoisotopic (exact) mass is 673 g/mol. The first-order chi connectivity index (χ1) is 25.2. The zero-order valence-corrected chi connectivity index (χ0v) is 29.1. The van der Waals surface area contributed by atoms with Gasteiger partial charge in [0, 0.05) is 17.1 Å². The van der Waals surface area contributed by atoms with Crippen molar-refractivity contribution in [2.24, 2.45) is 0 Å². The molecule has 0 saturated carbocycles. The third kappa shape index (κ3) is 6.32. The third-order valence-corrected chi connectivity index (χ3v) is 14.5. The van der Waals surface area contributed by atoms with Gasteiger partial charge in [0.25, 0.3) is 0 Å². The molecule has 8 rings (SSSR count). The first kappa shape index (κ1) is 31.9. The smallest absolute Gasteiger partial charge is 0.179 e. The predicted molar refractivity (Wildman–Crippen MR) is 216 cm³/mol. The van der Waals surface area contributed by atoms with Crippen LogP contribution in [0.2, 0.25) is 0 Å². The minimum atomic E-state index is -2.66. The van der Waals surface area contributed by atoms with Crippen LogP contribution in [0.25, 0.3) is 22.3 Å². The summed E-state index contributed by atoms with van der Waals surface area (Å²) in [6.45, 7) is 0. The van der Waals surface area contributed by atoms with Crippen molar-refractivity contribution in [1.82, 2.24) is 0 Å². The summed E-state index contributed by atoms with van der Waals surface area (Å²) in [6.07, 6.45) is 0. The first-order valence-corrected chi connectivity index (χ1v) is 19.3. The Morgan fingerprint density at radius 3 is 0.941 bits per heavy atom. The van der Waals surface area contributed by atoms with Crippen LogP contribution >= 0.6 is 0 Å². The van der Waals surface area contributed by atoms with E-state index in [-0.39, 0.29) is 5.82 Å². The Hall–Kier alpha value is -6.29. The molecule has 51 heavy (non-hydrogen) atoms. The van der Waals surface area contributed by atoms with E-state index in [0.29, 0.717) is 0 Å². The summed E-state index contributed by atoms with van der Waals surface area (Å²) >= 11 is 0. The highest BCUT2D eigenvalue weighted by Gasteiger charge is 2.41. The van der Waals surface area contributed by atoms with E-state index in [9.17, 15) is 4.39 Å². The topological polar surface area (TPSA) is 3.24 Å². The van der Waals surface area contributed by atoms with Crippen LogP contribution in [0.4, 0.5) is 21.5 Å². The van der Waals surface area contributed by atoms with E-state index >= 15 is 0 Å². The number of nitrogens with zero attached hydrogens (tertiary/aromatic N) is 1. The molecule has 3 heteroatoms. The highest BCUT2D eigenvalue weighted by molar-refractivity contribution is 7.19. The number of anilines is 3. The molecule has 0 amide bonds. The fourth-order valence-electron chi connectivity index (χ4n) is 7.25. The van der Waals surface area contributed by atoms with Crippen LogP contribution < -0.4 is 25.6 Å². The van der Waals surface area contributed by atoms with Gasteiger partial charge in [-0.2, -0.15) is 0 Å². The molecular weight excluding hydrogens is 638 g/mol. The molecule has 0 N–H and O–H groups in total. The van der Waals surface area contributed by atoms with Crippen LogP contribution in [-0.2, 0) is 0 Å². The highest BCUT2D eigenvalue weighted by atomic mass is 28.3. The molecule has 244 valence electrons. The minimum absolute atomic E-state index is 0.257. The van der Waals surface area contributed by atoms with E-state index in [1.807, 2.05) is 18.2 Å². The Bertz CT molecular complexity index is 2210. The highest BCUT2D eigenvalue weighted by Crippen LogP contribution is 2.36. The van der Waals surface area contributed by atoms with Crippen molar-refractivity contribution >= 4 is 45.9 Å². The van der Waals surface area contributed by atoms with Crippen molar-refractivity contribution in [2.45, 2.75) is 0 Å². The van der Waals surface area contributed by atoms with Crippen molar-refractivity contribution in [1.29, 1.82) is 0 Å². The zero-order valence-electron chi connectivity index (χ0n) is 28.1. The van der Waals surface area contributed by atoms with Crippen molar-refractivity contribution in [2.75, 3.05) is 4.90 Å². The number of rotatable bonds is 9. The standard InChI is InChI=1S/C48H36FNSi/c49-41-27-31-43(32-28-41)50(42-29-25-40(26-30-42)39-23-21-38(22-24-39)37-13-5-1-6-14-37)44-33-35-48(36-34-44)51(45-15-7-2-8-16-45,46-17-9-3-10-18-46)47-19-11-4-12-20-47/h1-36H. The number of hydrogen-bond donors (Lipinski definition) is 0. The summed E-state index contributed by atoms with van der Waals surface area (Å²) in [4.78, 5) is 2.20. The van der Waals surface area contributed by atoms with Gasteiger partial charge in [-0.1, -0.05) is 170 Å². The van der Waals surface area contributed by atoms with Gasteiger partial charge in [-0.25, -0.2) is 4.39 Å². The van der Waals surface area contributed by atoms with Crippen molar-refractivity contribution < 1.29 is 4.39 Å². The SMILES string of the molecule is Fc1ccc(N(c2ccc(-c3ccc(-c4ccccc4)cc3)cc2)c2ccc([Si](c3ccccc3)(c3ccccc3)c3ccccc3)cc2)cc1. The second-order valence-corrected chi connectivity index (χ2v) is 16.5. The molecule has 0 fully saturated rings. The minimum Gasteiger partial charge on any atom is -0.311 e. The van der Waals surface area contributed by atoms with Crippen LogP contribution in [0.15, 0.2) is 218 Å². The zero-order chi connectivity index (χ0) is 34.5. The summed E-state index contributed by atoms with van der Waals surface area (Å²) in [6, 6.07) is 76.4. The molecule has 0 spiro atoms. The number of hydrogen-bond acceptors (Lipinski definition) is 1. The Morgan fingerprint density at radius 2 is 0.549 bits per heavy atom. The third-order valence-electron chi connectivity index (χ3n) is 9.71. The lowest BCUT2D eigenvalue weighted by atomic mass is 10.00. The summed E-state index contributed by atoms with van der Waals surface area (Å²) in [5.74, 6) is -0.257. The second kappa shape index (κ2) is 14.3. The van der Waals surface area contributed by atoms with Crippen LogP contribution in [0.5, 0.6) is 0 Å². The fraction of sp³-hybridized carbons (Fsp3) is 0. The molecule has 0 saturated heterocycles. The lowest BCUT2D eigenvalue weighted by molar-refractivity contribution is 0.628. The molecule has 8 aromatic rings. The molecule has 0 unspecified atom stereocenters. The summed E-state index contributed by atoms with van der Waals surface area (Å²) in [5, 5.41) is 5.29. The Labute approximate surface area is 300 Å².